The lowest BCUT2D eigenvalue weighted by molar-refractivity contribution is 0.0889. The molecule has 0 spiro atoms. The Morgan fingerprint density at radius 1 is 1.38 bits per heavy atom. The number of nitrogens with zero attached hydrogens (tertiary/aromatic N) is 1. The van der Waals surface area contributed by atoms with E-state index in [9.17, 15) is 4.79 Å². The number of carbonyl (C=O) groups excluding carboxylic acids is 1. The van der Waals surface area contributed by atoms with Crippen molar-refractivity contribution in [1.29, 1.82) is 0 Å². The van der Waals surface area contributed by atoms with Crippen LogP contribution >= 0.6 is 11.6 Å². The molecular formula is C17H25ClN2O. The highest BCUT2D eigenvalue weighted by Crippen LogP contribution is 2.30. The zero-order chi connectivity index (χ0) is 15.4. The number of carbonyl (C=O) groups is 1. The zero-order valence-corrected chi connectivity index (χ0v) is 13.9. The fourth-order valence-electron chi connectivity index (χ4n) is 3.25. The van der Waals surface area contributed by atoms with Crippen LogP contribution in [0.25, 0.3) is 0 Å². The first-order valence-electron chi connectivity index (χ1n) is 7.98. The second-order valence-electron chi connectivity index (χ2n) is 6.30. The highest BCUT2D eigenvalue weighted by atomic mass is 35.5. The van der Waals surface area contributed by atoms with Gasteiger partial charge in [0, 0.05) is 17.3 Å². The smallest absolute Gasteiger partial charge is 0.251 e. The summed E-state index contributed by atoms with van der Waals surface area (Å²) in [4.78, 5) is 16.7. The molecule has 1 aromatic rings. The lowest BCUT2D eigenvalue weighted by Crippen LogP contribution is -2.44. The van der Waals surface area contributed by atoms with Gasteiger partial charge in [-0.3, -0.25) is 4.79 Å². The molecule has 1 aliphatic carbocycles. The molecule has 4 heteroatoms. The average molecular weight is 309 g/mol. The second-order valence-corrected chi connectivity index (χ2v) is 6.68. The Kier molecular flexibility index (Phi) is 5.63. The molecule has 0 saturated heterocycles. The third-order valence-electron chi connectivity index (χ3n) is 4.46. The van der Waals surface area contributed by atoms with E-state index in [0.29, 0.717) is 22.6 Å². The first-order valence-corrected chi connectivity index (χ1v) is 8.36. The maximum atomic E-state index is 12.5. The molecule has 0 aromatic carbocycles. The van der Waals surface area contributed by atoms with E-state index in [0.717, 1.165) is 18.5 Å². The fourth-order valence-corrected chi connectivity index (χ4v) is 3.48. The molecule has 1 heterocycles. The minimum atomic E-state index is -0.0217. The molecular weight excluding hydrogens is 284 g/mol. The first-order chi connectivity index (χ1) is 10.0. The van der Waals surface area contributed by atoms with Gasteiger partial charge in [0.2, 0.25) is 0 Å². The minimum Gasteiger partial charge on any atom is -0.349 e. The molecule has 2 atom stereocenters. The largest absolute Gasteiger partial charge is 0.349 e. The van der Waals surface area contributed by atoms with Crippen LogP contribution in [0.15, 0.2) is 12.1 Å². The topological polar surface area (TPSA) is 42.0 Å². The van der Waals surface area contributed by atoms with Crippen LogP contribution in [-0.4, -0.2) is 16.9 Å². The molecule has 1 amide bonds. The van der Waals surface area contributed by atoms with Gasteiger partial charge in [-0.2, -0.15) is 0 Å². The maximum absolute atomic E-state index is 12.5. The van der Waals surface area contributed by atoms with E-state index in [1.165, 1.54) is 19.3 Å². The lowest BCUT2D eigenvalue weighted by atomic mass is 9.78. The van der Waals surface area contributed by atoms with Gasteiger partial charge in [-0.25, -0.2) is 4.98 Å². The summed E-state index contributed by atoms with van der Waals surface area (Å²) in [5.41, 5.74) is 1.48. The molecule has 1 aliphatic rings. The molecule has 3 nitrogen and oxygen atoms in total. The Hall–Kier alpha value is -1.09. The van der Waals surface area contributed by atoms with Crippen LogP contribution in [0, 0.1) is 11.8 Å². The second kappa shape index (κ2) is 7.26. The van der Waals surface area contributed by atoms with E-state index in [4.69, 9.17) is 11.6 Å². The molecule has 2 rings (SSSR count). The third kappa shape index (κ3) is 4.19. The maximum Gasteiger partial charge on any atom is 0.251 e. The van der Waals surface area contributed by atoms with Crippen molar-refractivity contribution in [1.82, 2.24) is 10.3 Å². The third-order valence-corrected chi connectivity index (χ3v) is 4.66. The number of pyridine rings is 1. The molecule has 0 radical (unpaired) electrons. The van der Waals surface area contributed by atoms with Crippen LogP contribution < -0.4 is 5.32 Å². The predicted molar refractivity (Wildman–Crippen MR) is 86.7 cm³/mol. The number of nitrogens with one attached hydrogen (secondary N) is 1. The van der Waals surface area contributed by atoms with E-state index < -0.39 is 0 Å². The molecule has 2 unspecified atom stereocenters. The van der Waals surface area contributed by atoms with Crippen molar-refractivity contribution in [3.63, 3.8) is 0 Å². The van der Waals surface area contributed by atoms with Crippen LogP contribution in [0.5, 0.6) is 0 Å². The first kappa shape index (κ1) is 16.3. The summed E-state index contributed by atoms with van der Waals surface area (Å²) in [5, 5.41) is 3.61. The number of aromatic nitrogens is 1. The summed E-state index contributed by atoms with van der Waals surface area (Å²) in [6.07, 6.45) is 5.54. The number of amides is 1. The highest BCUT2D eigenvalue weighted by Gasteiger charge is 2.29. The Balaban J connectivity index is 2.11. The lowest BCUT2D eigenvalue weighted by Gasteiger charge is -2.34. The standard InChI is InChI=1S/C17H25ClN2O/c1-4-13-9-12(10-16(18)19-13)17(21)20-15-8-6-5-7-14(15)11(2)3/h9-11,14-15H,4-8H2,1-3H3,(H,20,21). The Labute approximate surface area is 132 Å². The normalized spacial score (nSPS) is 22.3. The van der Waals surface area contributed by atoms with E-state index >= 15 is 0 Å². The Morgan fingerprint density at radius 3 is 2.76 bits per heavy atom. The number of hydrogen-bond acceptors (Lipinski definition) is 2. The van der Waals surface area contributed by atoms with E-state index in [2.05, 4.69) is 24.1 Å². The quantitative estimate of drug-likeness (QED) is 0.845. The van der Waals surface area contributed by atoms with Crippen LogP contribution in [0.4, 0.5) is 0 Å². The summed E-state index contributed by atoms with van der Waals surface area (Å²) in [6.45, 7) is 6.50. The molecule has 1 N–H and O–H groups in total. The van der Waals surface area contributed by atoms with Gasteiger partial charge in [0.1, 0.15) is 5.15 Å². The van der Waals surface area contributed by atoms with Crippen molar-refractivity contribution >= 4 is 17.5 Å². The van der Waals surface area contributed by atoms with Gasteiger partial charge in [0.05, 0.1) is 0 Å². The summed E-state index contributed by atoms with van der Waals surface area (Å²) < 4.78 is 0. The highest BCUT2D eigenvalue weighted by molar-refractivity contribution is 6.29. The van der Waals surface area contributed by atoms with Crippen molar-refractivity contribution < 1.29 is 4.79 Å². The molecule has 1 aromatic heterocycles. The number of rotatable bonds is 4. The van der Waals surface area contributed by atoms with Crippen molar-refractivity contribution in [2.75, 3.05) is 0 Å². The number of halogens is 1. The van der Waals surface area contributed by atoms with Gasteiger partial charge < -0.3 is 5.32 Å². The summed E-state index contributed by atoms with van der Waals surface area (Å²) in [7, 11) is 0. The van der Waals surface area contributed by atoms with Crippen LogP contribution in [0.2, 0.25) is 5.15 Å². The minimum absolute atomic E-state index is 0.0217. The van der Waals surface area contributed by atoms with Crippen molar-refractivity contribution in [3.05, 3.63) is 28.5 Å². The average Bonchev–Trinajstić information content (AvgIpc) is 2.46. The van der Waals surface area contributed by atoms with E-state index in [1.807, 2.05) is 13.0 Å². The summed E-state index contributed by atoms with van der Waals surface area (Å²) >= 11 is 6.00. The van der Waals surface area contributed by atoms with Crippen molar-refractivity contribution in [2.45, 2.75) is 58.9 Å². The van der Waals surface area contributed by atoms with Crippen LogP contribution in [0.3, 0.4) is 0 Å². The van der Waals surface area contributed by atoms with Gasteiger partial charge >= 0.3 is 0 Å². The number of aryl methyl sites for hydroxylation is 1. The van der Waals surface area contributed by atoms with E-state index in [-0.39, 0.29) is 11.9 Å². The van der Waals surface area contributed by atoms with Gasteiger partial charge in [-0.15, -0.1) is 0 Å². The van der Waals surface area contributed by atoms with Crippen molar-refractivity contribution in [3.8, 4) is 0 Å². The van der Waals surface area contributed by atoms with Gasteiger partial charge in [0.25, 0.3) is 5.91 Å². The Bertz CT molecular complexity index is 502. The molecule has 0 aliphatic heterocycles. The summed E-state index contributed by atoms with van der Waals surface area (Å²) in [6, 6.07) is 3.78. The van der Waals surface area contributed by atoms with Crippen LogP contribution in [-0.2, 0) is 6.42 Å². The van der Waals surface area contributed by atoms with Gasteiger partial charge in [-0.05, 0) is 43.2 Å². The SMILES string of the molecule is CCc1cc(C(=O)NC2CCCCC2C(C)C)cc(Cl)n1. The molecule has 116 valence electrons. The zero-order valence-electron chi connectivity index (χ0n) is 13.2. The predicted octanol–water partition coefficient (Wildman–Crippen LogP) is 4.24. The molecule has 21 heavy (non-hydrogen) atoms. The monoisotopic (exact) mass is 308 g/mol. The summed E-state index contributed by atoms with van der Waals surface area (Å²) in [5.74, 6) is 1.15. The molecule has 1 fully saturated rings. The van der Waals surface area contributed by atoms with Crippen LogP contribution in [0.1, 0.15) is 62.5 Å². The number of hydrogen-bond donors (Lipinski definition) is 1. The fraction of sp³-hybridized carbons (Fsp3) is 0.647. The van der Waals surface area contributed by atoms with Crippen molar-refractivity contribution in [2.24, 2.45) is 11.8 Å². The molecule has 1 saturated carbocycles. The van der Waals surface area contributed by atoms with Gasteiger partial charge in [0.15, 0.2) is 0 Å². The van der Waals surface area contributed by atoms with E-state index in [1.54, 1.807) is 6.07 Å². The Morgan fingerprint density at radius 2 is 2.10 bits per heavy atom. The van der Waals surface area contributed by atoms with Gasteiger partial charge in [-0.1, -0.05) is 45.2 Å². The molecule has 0 bridgehead atoms.